The minimum absolute atomic E-state index is 0.988. The summed E-state index contributed by atoms with van der Waals surface area (Å²) in [6.45, 7) is 4.43. The smallest absolute Gasteiger partial charge is 0.0851 e. The van der Waals surface area contributed by atoms with E-state index in [-0.39, 0.29) is 0 Å². The van der Waals surface area contributed by atoms with Crippen molar-refractivity contribution in [2.45, 2.75) is 6.42 Å². The Kier molecular flexibility index (Phi) is 3.36. The molecule has 0 bridgehead atoms. The topological polar surface area (TPSA) is 18.8 Å². The Morgan fingerprint density at radius 1 is 1.55 bits per heavy atom. The first-order valence-corrected chi connectivity index (χ1v) is 4.18. The van der Waals surface area contributed by atoms with E-state index in [2.05, 4.69) is 28.9 Å². The Morgan fingerprint density at radius 2 is 2.36 bits per heavy atom. The molecule has 0 saturated carbocycles. The molecule has 1 heterocycles. The zero-order valence-electron chi connectivity index (χ0n) is 7.45. The van der Waals surface area contributed by atoms with Crippen molar-refractivity contribution in [3.05, 3.63) is 0 Å². The first kappa shape index (κ1) is 8.53. The average molecular weight is 155 g/mol. The van der Waals surface area contributed by atoms with Gasteiger partial charge < -0.3 is 9.80 Å². The summed E-state index contributed by atoms with van der Waals surface area (Å²) in [6, 6.07) is 0. The van der Waals surface area contributed by atoms with E-state index in [1.54, 1.807) is 0 Å². The number of hydrogen-bond acceptors (Lipinski definition) is 3. The van der Waals surface area contributed by atoms with Crippen LogP contribution in [0.25, 0.3) is 0 Å². The third-order valence-electron chi connectivity index (χ3n) is 1.81. The lowest BCUT2D eigenvalue weighted by Crippen LogP contribution is -2.24. The van der Waals surface area contributed by atoms with Gasteiger partial charge in [0.05, 0.1) is 12.9 Å². The lowest BCUT2D eigenvalue weighted by atomic mass is 10.4. The Labute approximate surface area is 68.7 Å². The average Bonchev–Trinajstić information content (AvgIpc) is 2.39. The van der Waals surface area contributed by atoms with E-state index in [1.807, 2.05) is 6.34 Å². The standard InChI is InChI=1S/C8H17N3/c1-10(2)5-3-6-11-7-4-9-8-11/h8H,3-7H2,1-2H3. The van der Waals surface area contributed by atoms with Gasteiger partial charge in [-0.2, -0.15) is 0 Å². The van der Waals surface area contributed by atoms with Crippen LogP contribution in [0.5, 0.6) is 0 Å². The SMILES string of the molecule is CN(C)CCCN1C=NCC1. The van der Waals surface area contributed by atoms with Crippen molar-refractivity contribution in [3.63, 3.8) is 0 Å². The van der Waals surface area contributed by atoms with Crippen molar-refractivity contribution in [1.82, 2.24) is 9.80 Å². The second-order valence-electron chi connectivity index (χ2n) is 3.21. The number of hydrogen-bond donors (Lipinski definition) is 0. The van der Waals surface area contributed by atoms with Gasteiger partial charge in [-0.05, 0) is 27.1 Å². The van der Waals surface area contributed by atoms with Crippen molar-refractivity contribution in [2.75, 3.05) is 40.3 Å². The van der Waals surface area contributed by atoms with Gasteiger partial charge in [0, 0.05) is 13.1 Å². The molecule has 0 aromatic carbocycles. The molecule has 1 rings (SSSR count). The van der Waals surface area contributed by atoms with Crippen LogP contribution >= 0.6 is 0 Å². The number of nitrogens with zero attached hydrogens (tertiary/aromatic N) is 3. The number of rotatable bonds is 4. The minimum Gasteiger partial charge on any atom is -0.361 e. The molecule has 0 saturated heterocycles. The first-order valence-electron chi connectivity index (χ1n) is 4.18. The Morgan fingerprint density at radius 3 is 2.91 bits per heavy atom. The molecular weight excluding hydrogens is 138 g/mol. The maximum atomic E-state index is 4.15. The monoisotopic (exact) mass is 155 g/mol. The fourth-order valence-corrected chi connectivity index (χ4v) is 1.18. The van der Waals surface area contributed by atoms with Crippen LogP contribution in [0.15, 0.2) is 4.99 Å². The van der Waals surface area contributed by atoms with Crippen molar-refractivity contribution in [1.29, 1.82) is 0 Å². The first-order chi connectivity index (χ1) is 5.29. The summed E-state index contributed by atoms with van der Waals surface area (Å²) in [7, 11) is 4.22. The quantitative estimate of drug-likeness (QED) is 0.581. The summed E-state index contributed by atoms with van der Waals surface area (Å²) in [5.41, 5.74) is 0. The molecular formula is C8H17N3. The molecule has 0 spiro atoms. The molecule has 0 aromatic rings. The zero-order valence-corrected chi connectivity index (χ0v) is 7.45. The molecule has 0 atom stereocenters. The van der Waals surface area contributed by atoms with Gasteiger partial charge in [-0.3, -0.25) is 4.99 Å². The molecule has 11 heavy (non-hydrogen) atoms. The second-order valence-corrected chi connectivity index (χ2v) is 3.21. The largest absolute Gasteiger partial charge is 0.361 e. The van der Waals surface area contributed by atoms with Crippen LogP contribution < -0.4 is 0 Å². The number of aliphatic imine (C=N–C) groups is 1. The van der Waals surface area contributed by atoms with E-state index in [1.165, 1.54) is 13.0 Å². The highest BCUT2D eigenvalue weighted by molar-refractivity contribution is 5.56. The van der Waals surface area contributed by atoms with E-state index in [0.29, 0.717) is 0 Å². The molecule has 0 aromatic heterocycles. The Bertz CT molecular complexity index is 131. The van der Waals surface area contributed by atoms with Gasteiger partial charge in [0.2, 0.25) is 0 Å². The van der Waals surface area contributed by atoms with E-state index >= 15 is 0 Å². The molecule has 0 N–H and O–H groups in total. The van der Waals surface area contributed by atoms with E-state index < -0.39 is 0 Å². The van der Waals surface area contributed by atoms with Crippen LogP contribution in [0.1, 0.15) is 6.42 Å². The zero-order chi connectivity index (χ0) is 8.10. The van der Waals surface area contributed by atoms with Crippen LogP contribution in [0.4, 0.5) is 0 Å². The molecule has 0 unspecified atom stereocenters. The minimum atomic E-state index is 0.988. The molecule has 0 aliphatic carbocycles. The summed E-state index contributed by atoms with van der Waals surface area (Å²) in [6.07, 6.45) is 3.20. The molecule has 3 heteroatoms. The third-order valence-corrected chi connectivity index (χ3v) is 1.81. The molecule has 64 valence electrons. The molecule has 1 aliphatic heterocycles. The van der Waals surface area contributed by atoms with Crippen LogP contribution in [0, 0.1) is 0 Å². The van der Waals surface area contributed by atoms with Crippen LogP contribution in [-0.2, 0) is 0 Å². The second kappa shape index (κ2) is 4.34. The van der Waals surface area contributed by atoms with Gasteiger partial charge in [0.1, 0.15) is 0 Å². The van der Waals surface area contributed by atoms with Gasteiger partial charge in [0.25, 0.3) is 0 Å². The summed E-state index contributed by atoms with van der Waals surface area (Å²) < 4.78 is 0. The summed E-state index contributed by atoms with van der Waals surface area (Å²) >= 11 is 0. The van der Waals surface area contributed by atoms with Crippen LogP contribution in [-0.4, -0.2) is 56.4 Å². The predicted molar refractivity (Wildman–Crippen MR) is 48.1 cm³/mol. The highest BCUT2D eigenvalue weighted by Crippen LogP contribution is 1.94. The highest BCUT2D eigenvalue weighted by atomic mass is 15.2. The predicted octanol–water partition coefficient (Wildman–Crippen LogP) is 0.282. The molecule has 1 aliphatic rings. The summed E-state index contributed by atoms with van der Waals surface area (Å²) in [4.78, 5) is 8.65. The molecule has 0 fully saturated rings. The molecule has 0 amide bonds. The van der Waals surface area contributed by atoms with Crippen molar-refractivity contribution < 1.29 is 0 Å². The van der Waals surface area contributed by atoms with E-state index in [0.717, 1.165) is 19.6 Å². The Balaban J connectivity index is 1.98. The van der Waals surface area contributed by atoms with Crippen molar-refractivity contribution >= 4 is 6.34 Å². The maximum absolute atomic E-state index is 4.15. The van der Waals surface area contributed by atoms with E-state index in [4.69, 9.17) is 0 Å². The third kappa shape index (κ3) is 3.37. The van der Waals surface area contributed by atoms with E-state index in [9.17, 15) is 0 Å². The fourth-order valence-electron chi connectivity index (χ4n) is 1.18. The lowest BCUT2D eigenvalue weighted by Gasteiger charge is -2.15. The van der Waals surface area contributed by atoms with Crippen LogP contribution in [0.3, 0.4) is 0 Å². The Hall–Kier alpha value is -0.570. The summed E-state index contributed by atoms with van der Waals surface area (Å²) in [5.74, 6) is 0. The summed E-state index contributed by atoms with van der Waals surface area (Å²) in [5, 5.41) is 0. The van der Waals surface area contributed by atoms with Gasteiger partial charge in [-0.25, -0.2) is 0 Å². The van der Waals surface area contributed by atoms with Gasteiger partial charge in [-0.15, -0.1) is 0 Å². The maximum Gasteiger partial charge on any atom is 0.0851 e. The van der Waals surface area contributed by atoms with Crippen molar-refractivity contribution in [3.8, 4) is 0 Å². The normalized spacial score (nSPS) is 16.8. The van der Waals surface area contributed by atoms with Gasteiger partial charge in [-0.1, -0.05) is 0 Å². The highest BCUT2D eigenvalue weighted by Gasteiger charge is 2.03. The molecule has 3 nitrogen and oxygen atoms in total. The molecule has 0 radical (unpaired) electrons. The van der Waals surface area contributed by atoms with Gasteiger partial charge in [0.15, 0.2) is 0 Å². The van der Waals surface area contributed by atoms with Crippen LogP contribution in [0.2, 0.25) is 0 Å². The lowest BCUT2D eigenvalue weighted by molar-refractivity contribution is 0.362. The fraction of sp³-hybridized carbons (Fsp3) is 0.875. The van der Waals surface area contributed by atoms with Gasteiger partial charge >= 0.3 is 0 Å². The van der Waals surface area contributed by atoms with Crippen molar-refractivity contribution in [2.24, 2.45) is 4.99 Å².